The van der Waals surface area contributed by atoms with Gasteiger partial charge >= 0.3 is 0 Å². The van der Waals surface area contributed by atoms with Crippen molar-refractivity contribution < 1.29 is 5.11 Å². The molecule has 0 bridgehead atoms. The molecule has 0 heterocycles. The van der Waals surface area contributed by atoms with Crippen molar-refractivity contribution in [3.8, 4) is 0 Å². The third-order valence-corrected chi connectivity index (χ3v) is 2.67. The van der Waals surface area contributed by atoms with Crippen LogP contribution in [-0.2, 0) is 6.61 Å². The molecule has 0 radical (unpaired) electrons. The second-order valence-corrected chi connectivity index (χ2v) is 3.25. The van der Waals surface area contributed by atoms with Gasteiger partial charge in [0.05, 0.1) is 6.61 Å². The fraction of sp³-hybridized carbons (Fsp3) is 0.333. The van der Waals surface area contributed by atoms with Gasteiger partial charge in [0.1, 0.15) is 0 Å². The lowest BCUT2D eigenvalue weighted by Crippen LogP contribution is -1.89. The molecule has 2 heteroatoms. The van der Waals surface area contributed by atoms with Gasteiger partial charge in [-0.3, -0.25) is 0 Å². The van der Waals surface area contributed by atoms with Gasteiger partial charge in [0.2, 0.25) is 0 Å². The molecular formula is C9H12OS. The molecule has 1 aromatic carbocycles. The van der Waals surface area contributed by atoms with E-state index in [2.05, 4.69) is 6.07 Å². The van der Waals surface area contributed by atoms with Crippen molar-refractivity contribution in [3.63, 3.8) is 0 Å². The summed E-state index contributed by atoms with van der Waals surface area (Å²) < 4.78 is 0. The Hall–Kier alpha value is -0.470. The number of rotatable bonds is 2. The van der Waals surface area contributed by atoms with Crippen molar-refractivity contribution in [3.05, 3.63) is 29.3 Å². The minimum atomic E-state index is 0.139. The predicted octanol–water partition coefficient (Wildman–Crippen LogP) is 2.21. The third kappa shape index (κ3) is 1.76. The summed E-state index contributed by atoms with van der Waals surface area (Å²) in [6.07, 6.45) is 2.05. The molecule has 0 aliphatic heterocycles. The molecule has 0 aliphatic carbocycles. The highest BCUT2D eigenvalue weighted by Crippen LogP contribution is 2.22. The summed E-state index contributed by atoms with van der Waals surface area (Å²) in [6.45, 7) is 2.18. The Labute approximate surface area is 71.4 Å². The van der Waals surface area contributed by atoms with Crippen LogP contribution >= 0.6 is 11.8 Å². The van der Waals surface area contributed by atoms with E-state index in [1.165, 1.54) is 10.5 Å². The zero-order valence-corrected chi connectivity index (χ0v) is 7.61. The summed E-state index contributed by atoms with van der Waals surface area (Å²) in [5, 5.41) is 8.93. The van der Waals surface area contributed by atoms with E-state index in [0.29, 0.717) is 0 Å². The zero-order chi connectivity index (χ0) is 8.27. The van der Waals surface area contributed by atoms with Gasteiger partial charge < -0.3 is 5.11 Å². The number of benzene rings is 1. The Morgan fingerprint density at radius 3 is 2.73 bits per heavy atom. The Morgan fingerprint density at radius 1 is 1.45 bits per heavy atom. The maximum absolute atomic E-state index is 8.93. The standard InChI is InChI=1S/C9H12OS/c1-7-8(6-10)4-3-5-9(7)11-2/h3-5,10H,6H2,1-2H3. The van der Waals surface area contributed by atoms with E-state index in [-0.39, 0.29) is 6.61 Å². The van der Waals surface area contributed by atoms with E-state index in [9.17, 15) is 0 Å². The fourth-order valence-electron chi connectivity index (χ4n) is 1.05. The van der Waals surface area contributed by atoms with Crippen molar-refractivity contribution >= 4 is 11.8 Å². The monoisotopic (exact) mass is 168 g/mol. The van der Waals surface area contributed by atoms with Crippen LogP contribution in [0.1, 0.15) is 11.1 Å². The summed E-state index contributed by atoms with van der Waals surface area (Å²) >= 11 is 1.71. The van der Waals surface area contributed by atoms with Gasteiger partial charge in [0.15, 0.2) is 0 Å². The van der Waals surface area contributed by atoms with Crippen LogP contribution in [-0.4, -0.2) is 11.4 Å². The molecule has 0 aliphatic rings. The van der Waals surface area contributed by atoms with E-state index in [0.717, 1.165) is 5.56 Å². The fourth-order valence-corrected chi connectivity index (χ4v) is 1.70. The zero-order valence-electron chi connectivity index (χ0n) is 6.79. The van der Waals surface area contributed by atoms with Gasteiger partial charge in [0.25, 0.3) is 0 Å². The van der Waals surface area contributed by atoms with E-state index in [4.69, 9.17) is 5.11 Å². The lowest BCUT2D eigenvalue weighted by molar-refractivity contribution is 0.280. The summed E-state index contributed by atoms with van der Waals surface area (Å²) in [5.41, 5.74) is 2.22. The van der Waals surface area contributed by atoms with Gasteiger partial charge in [-0.05, 0) is 30.4 Å². The molecule has 1 N–H and O–H groups in total. The van der Waals surface area contributed by atoms with Gasteiger partial charge in [-0.25, -0.2) is 0 Å². The second-order valence-electron chi connectivity index (χ2n) is 2.40. The SMILES string of the molecule is CSc1cccc(CO)c1C. The molecule has 11 heavy (non-hydrogen) atoms. The van der Waals surface area contributed by atoms with E-state index in [1.54, 1.807) is 11.8 Å². The average Bonchev–Trinajstić information content (AvgIpc) is 2.05. The lowest BCUT2D eigenvalue weighted by Gasteiger charge is -2.05. The molecular weight excluding hydrogens is 156 g/mol. The van der Waals surface area contributed by atoms with E-state index in [1.807, 2.05) is 25.3 Å². The number of hydrogen-bond donors (Lipinski definition) is 1. The highest BCUT2D eigenvalue weighted by atomic mass is 32.2. The van der Waals surface area contributed by atoms with Crippen molar-refractivity contribution in [2.45, 2.75) is 18.4 Å². The van der Waals surface area contributed by atoms with Crippen LogP contribution in [0.15, 0.2) is 23.1 Å². The first-order valence-electron chi connectivity index (χ1n) is 3.53. The summed E-state index contributed by atoms with van der Waals surface area (Å²) in [6, 6.07) is 6.00. The minimum Gasteiger partial charge on any atom is -0.392 e. The Kier molecular flexibility index (Phi) is 2.97. The molecule has 0 spiro atoms. The average molecular weight is 168 g/mol. The number of aliphatic hydroxyl groups excluding tert-OH is 1. The molecule has 0 saturated carbocycles. The molecule has 0 fully saturated rings. The maximum atomic E-state index is 8.93. The predicted molar refractivity (Wildman–Crippen MR) is 48.9 cm³/mol. The first-order chi connectivity index (χ1) is 5.29. The maximum Gasteiger partial charge on any atom is 0.0684 e. The van der Waals surface area contributed by atoms with Crippen LogP contribution in [0.3, 0.4) is 0 Å². The highest BCUT2D eigenvalue weighted by Gasteiger charge is 2.00. The Bertz CT molecular complexity index is 223. The van der Waals surface area contributed by atoms with Crippen molar-refractivity contribution in [2.75, 3.05) is 6.26 Å². The smallest absolute Gasteiger partial charge is 0.0684 e. The second kappa shape index (κ2) is 3.79. The van der Waals surface area contributed by atoms with Gasteiger partial charge in [0, 0.05) is 4.90 Å². The first kappa shape index (κ1) is 8.62. The van der Waals surface area contributed by atoms with Crippen LogP contribution < -0.4 is 0 Å². The Morgan fingerprint density at radius 2 is 2.18 bits per heavy atom. The van der Waals surface area contributed by atoms with Crippen molar-refractivity contribution in [2.24, 2.45) is 0 Å². The molecule has 1 rings (SSSR count). The van der Waals surface area contributed by atoms with Gasteiger partial charge in [-0.15, -0.1) is 11.8 Å². The van der Waals surface area contributed by atoms with Gasteiger partial charge in [-0.2, -0.15) is 0 Å². The van der Waals surface area contributed by atoms with Gasteiger partial charge in [-0.1, -0.05) is 12.1 Å². The number of thioether (sulfide) groups is 1. The molecule has 1 nitrogen and oxygen atoms in total. The molecule has 0 aromatic heterocycles. The van der Waals surface area contributed by atoms with Crippen LogP contribution in [0.2, 0.25) is 0 Å². The molecule has 0 saturated heterocycles. The van der Waals surface area contributed by atoms with Crippen LogP contribution in [0.5, 0.6) is 0 Å². The molecule has 0 atom stereocenters. The van der Waals surface area contributed by atoms with Crippen molar-refractivity contribution in [1.82, 2.24) is 0 Å². The Balaban J connectivity index is 3.10. The first-order valence-corrected chi connectivity index (χ1v) is 4.75. The highest BCUT2D eigenvalue weighted by molar-refractivity contribution is 7.98. The minimum absolute atomic E-state index is 0.139. The third-order valence-electron chi connectivity index (χ3n) is 1.79. The van der Waals surface area contributed by atoms with Crippen molar-refractivity contribution in [1.29, 1.82) is 0 Å². The molecule has 0 amide bonds. The van der Waals surface area contributed by atoms with Crippen LogP contribution in [0.4, 0.5) is 0 Å². The topological polar surface area (TPSA) is 20.2 Å². The number of hydrogen-bond acceptors (Lipinski definition) is 2. The molecule has 60 valence electrons. The molecule has 0 unspecified atom stereocenters. The molecule has 1 aromatic rings. The normalized spacial score (nSPS) is 10.1. The largest absolute Gasteiger partial charge is 0.392 e. The summed E-state index contributed by atoms with van der Waals surface area (Å²) in [4.78, 5) is 1.25. The number of aliphatic hydroxyl groups is 1. The summed E-state index contributed by atoms with van der Waals surface area (Å²) in [7, 11) is 0. The van der Waals surface area contributed by atoms with E-state index < -0.39 is 0 Å². The quantitative estimate of drug-likeness (QED) is 0.683. The van der Waals surface area contributed by atoms with Crippen LogP contribution in [0.25, 0.3) is 0 Å². The van der Waals surface area contributed by atoms with E-state index >= 15 is 0 Å². The lowest BCUT2D eigenvalue weighted by atomic mass is 10.1. The van der Waals surface area contributed by atoms with Crippen LogP contribution in [0, 0.1) is 6.92 Å². The summed E-state index contributed by atoms with van der Waals surface area (Å²) in [5.74, 6) is 0.